The fourth-order valence-electron chi connectivity index (χ4n) is 2.20. The molecular formula is C15H21N3O. The number of pyridine rings is 1. The molecule has 0 amide bonds. The number of rotatable bonds is 5. The zero-order chi connectivity index (χ0) is 13.8. The third kappa shape index (κ3) is 3.20. The summed E-state index contributed by atoms with van der Waals surface area (Å²) < 4.78 is 1.75. The minimum Gasteiger partial charge on any atom is -0.388 e. The molecule has 0 bridgehead atoms. The topological polar surface area (TPSA) is 50.9 Å². The number of aromatic nitrogens is 3. The second-order valence-corrected chi connectivity index (χ2v) is 4.79. The first-order chi connectivity index (χ1) is 9.13. The molecule has 2 aromatic heterocycles. The summed E-state index contributed by atoms with van der Waals surface area (Å²) in [6, 6.07) is 4.06. The second-order valence-electron chi connectivity index (χ2n) is 4.79. The number of aliphatic hydroxyl groups excluding tert-OH is 1. The van der Waals surface area contributed by atoms with Gasteiger partial charge in [0.25, 0.3) is 0 Å². The number of nitrogens with zero attached hydrogens (tertiary/aromatic N) is 3. The number of aryl methyl sites for hydroxylation is 3. The maximum Gasteiger partial charge on any atom is 0.0878 e. The predicted molar refractivity (Wildman–Crippen MR) is 74.9 cm³/mol. The minimum absolute atomic E-state index is 0.530. The van der Waals surface area contributed by atoms with Gasteiger partial charge < -0.3 is 5.11 Å². The van der Waals surface area contributed by atoms with Crippen LogP contribution in [0.25, 0.3) is 0 Å². The van der Waals surface area contributed by atoms with E-state index in [1.165, 1.54) is 5.56 Å². The smallest absolute Gasteiger partial charge is 0.0878 e. The van der Waals surface area contributed by atoms with Gasteiger partial charge in [-0.2, -0.15) is 5.10 Å². The number of hydrogen-bond acceptors (Lipinski definition) is 3. The van der Waals surface area contributed by atoms with Crippen LogP contribution >= 0.6 is 0 Å². The van der Waals surface area contributed by atoms with Crippen molar-refractivity contribution in [3.63, 3.8) is 0 Å². The molecular weight excluding hydrogens is 238 g/mol. The minimum atomic E-state index is -0.538. The van der Waals surface area contributed by atoms with Crippen LogP contribution in [0.15, 0.2) is 24.5 Å². The van der Waals surface area contributed by atoms with Crippen LogP contribution in [0, 0.1) is 0 Å². The summed E-state index contributed by atoms with van der Waals surface area (Å²) in [4.78, 5) is 4.39. The van der Waals surface area contributed by atoms with Crippen LogP contribution in [0.2, 0.25) is 0 Å². The van der Waals surface area contributed by atoms with Crippen molar-refractivity contribution in [3.8, 4) is 0 Å². The Kier molecular flexibility index (Phi) is 4.32. The molecule has 4 nitrogen and oxygen atoms in total. The van der Waals surface area contributed by atoms with Crippen LogP contribution in [0.5, 0.6) is 0 Å². The Morgan fingerprint density at radius 3 is 2.63 bits per heavy atom. The van der Waals surface area contributed by atoms with Crippen molar-refractivity contribution in [1.29, 1.82) is 0 Å². The molecule has 0 saturated carbocycles. The van der Waals surface area contributed by atoms with E-state index in [-0.39, 0.29) is 0 Å². The molecule has 0 aliphatic rings. The van der Waals surface area contributed by atoms with Gasteiger partial charge in [0.05, 0.1) is 11.8 Å². The van der Waals surface area contributed by atoms with Gasteiger partial charge in [-0.05, 0) is 24.5 Å². The summed E-state index contributed by atoms with van der Waals surface area (Å²) in [5.74, 6) is 0. The largest absolute Gasteiger partial charge is 0.388 e. The van der Waals surface area contributed by atoms with E-state index in [1.54, 1.807) is 4.68 Å². The molecule has 0 aromatic carbocycles. The molecule has 102 valence electrons. The van der Waals surface area contributed by atoms with Crippen molar-refractivity contribution in [2.75, 3.05) is 0 Å². The molecule has 0 radical (unpaired) electrons. The zero-order valence-corrected chi connectivity index (χ0v) is 11.8. The lowest BCUT2D eigenvalue weighted by molar-refractivity contribution is 0.176. The second kappa shape index (κ2) is 5.97. The molecule has 2 rings (SSSR count). The van der Waals surface area contributed by atoms with Crippen LogP contribution in [0.3, 0.4) is 0 Å². The SMILES string of the molecule is CCc1ccc(CC(O)c2cn(C)nc2CC)nc1. The average molecular weight is 259 g/mol. The van der Waals surface area contributed by atoms with Crippen molar-refractivity contribution in [2.45, 2.75) is 39.2 Å². The van der Waals surface area contributed by atoms with Crippen LogP contribution in [-0.2, 0) is 26.3 Å². The maximum absolute atomic E-state index is 10.3. The third-order valence-electron chi connectivity index (χ3n) is 3.33. The predicted octanol–water partition coefficient (Wildman–Crippen LogP) is 2.22. The molecule has 2 heterocycles. The monoisotopic (exact) mass is 259 g/mol. The van der Waals surface area contributed by atoms with Crippen molar-refractivity contribution in [3.05, 3.63) is 47.0 Å². The summed E-state index contributed by atoms with van der Waals surface area (Å²) in [6.07, 6.45) is 5.58. The number of hydrogen-bond donors (Lipinski definition) is 1. The number of aliphatic hydroxyl groups is 1. The van der Waals surface area contributed by atoms with Gasteiger partial charge in [0.2, 0.25) is 0 Å². The Labute approximate surface area is 114 Å². The quantitative estimate of drug-likeness (QED) is 0.895. The van der Waals surface area contributed by atoms with Gasteiger partial charge in [-0.15, -0.1) is 0 Å². The zero-order valence-electron chi connectivity index (χ0n) is 11.8. The first-order valence-electron chi connectivity index (χ1n) is 6.78. The van der Waals surface area contributed by atoms with Crippen LogP contribution < -0.4 is 0 Å². The normalized spacial score (nSPS) is 12.6. The van der Waals surface area contributed by atoms with E-state index in [2.05, 4.69) is 23.1 Å². The summed E-state index contributed by atoms with van der Waals surface area (Å²) in [5, 5.41) is 14.7. The van der Waals surface area contributed by atoms with E-state index in [9.17, 15) is 5.11 Å². The van der Waals surface area contributed by atoms with E-state index in [4.69, 9.17) is 0 Å². The van der Waals surface area contributed by atoms with Gasteiger partial charge in [-0.25, -0.2) is 0 Å². The highest BCUT2D eigenvalue weighted by molar-refractivity contribution is 5.22. The Bertz CT molecular complexity index is 531. The Hall–Kier alpha value is -1.68. The molecule has 1 unspecified atom stereocenters. The molecule has 1 N–H and O–H groups in total. The fraction of sp³-hybridized carbons (Fsp3) is 0.467. The highest BCUT2D eigenvalue weighted by atomic mass is 16.3. The van der Waals surface area contributed by atoms with Crippen molar-refractivity contribution in [1.82, 2.24) is 14.8 Å². The van der Waals surface area contributed by atoms with E-state index in [0.29, 0.717) is 6.42 Å². The lowest BCUT2D eigenvalue weighted by atomic mass is 10.0. The molecule has 1 atom stereocenters. The summed E-state index contributed by atoms with van der Waals surface area (Å²) in [7, 11) is 1.88. The summed E-state index contributed by atoms with van der Waals surface area (Å²) >= 11 is 0. The van der Waals surface area contributed by atoms with Crippen LogP contribution in [0.1, 0.15) is 42.5 Å². The molecule has 0 fully saturated rings. The first kappa shape index (κ1) is 13.7. The highest BCUT2D eigenvalue weighted by Crippen LogP contribution is 2.21. The summed E-state index contributed by atoms with van der Waals surface area (Å²) in [6.45, 7) is 4.15. The van der Waals surface area contributed by atoms with Gasteiger partial charge in [0, 0.05) is 37.1 Å². The Balaban J connectivity index is 2.12. The molecule has 4 heteroatoms. The fourth-order valence-corrected chi connectivity index (χ4v) is 2.20. The molecule has 2 aromatic rings. The lowest BCUT2D eigenvalue weighted by Gasteiger charge is -2.10. The molecule has 0 aliphatic carbocycles. The lowest BCUT2D eigenvalue weighted by Crippen LogP contribution is -2.05. The van der Waals surface area contributed by atoms with Crippen molar-refractivity contribution in [2.24, 2.45) is 7.05 Å². The van der Waals surface area contributed by atoms with Crippen LogP contribution in [0.4, 0.5) is 0 Å². The molecule has 0 spiro atoms. The average Bonchev–Trinajstić information content (AvgIpc) is 2.81. The van der Waals surface area contributed by atoms with Gasteiger partial charge >= 0.3 is 0 Å². The van der Waals surface area contributed by atoms with E-state index in [0.717, 1.165) is 29.8 Å². The van der Waals surface area contributed by atoms with Gasteiger partial charge in [-0.1, -0.05) is 19.9 Å². The summed E-state index contributed by atoms with van der Waals surface area (Å²) in [5.41, 5.74) is 4.00. The highest BCUT2D eigenvalue weighted by Gasteiger charge is 2.16. The molecule has 0 aliphatic heterocycles. The van der Waals surface area contributed by atoms with Crippen molar-refractivity contribution < 1.29 is 5.11 Å². The van der Waals surface area contributed by atoms with Gasteiger partial charge in [0.1, 0.15) is 0 Å². The van der Waals surface area contributed by atoms with Crippen LogP contribution in [-0.4, -0.2) is 19.9 Å². The Morgan fingerprint density at radius 2 is 2.05 bits per heavy atom. The molecule has 0 saturated heterocycles. The maximum atomic E-state index is 10.3. The molecule has 19 heavy (non-hydrogen) atoms. The third-order valence-corrected chi connectivity index (χ3v) is 3.33. The van der Waals surface area contributed by atoms with E-state index in [1.807, 2.05) is 32.4 Å². The van der Waals surface area contributed by atoms with E-state index < -0.39 is 6.10 Å². The van der Waals surface area contributed by atoms with Crippen molar-refractivity contribution >= 4 is 0 Å². The van der Waals surface area contributed by atoms with Gasteiger partial charge in [0.15, 0.2) is 0 Å². The Morgan fingerprint density at radius 1 is 1.26 bits per heavy atom. The first-order valence-corrected chi connectivity index (χ1v) is 6.78. The standard InChI is InChI=1S/C15H21N3O/c1-4-11-6-7-12(16-9-11)8-15(19)13-10-18(3)17-14(13)5-2/h6-7,9-10,15,19H,4-5,8H2,1-3H3. The van der Waals surface area contributed by atoms with Gasteiger partial charge in [-0.3, -0.25) is 9.67 Å². The van der Waals surface area contributed by atoms with E-state index >= 15 is 0 Å².